The molecule has 18 heavy (non-hydrogen) atoms. The molecule has 1 aromatic rings. The molecule has 1 aliphatic carbocycles. The van der Waals surface area contributed by atoms with Crippen LogP contribution in [0.15, 0.2) is 22.7 Å². The Labute approximate surface area is 123 Å². The molecule has 2 unspecified atom stereocenters. The molecular weight excluding hydrogens is 310 g/mol. The molecular formula is C15H19BrClN. The lowest BCUT2D eigenvalue weighted by molar-refractivity contribution is 0.106. The summed E-state index contributed by atoms with van der Waals surface area (Å²) in [7, 11) is 0. The SMILES string of the molecule is Clc1cc(Br)ccc1CN1CCCC2CCCC21. The number of piperidine rings is 1. The van der Waals surface area contributed by atoms with Crippen LogP contribution < -0.4 is 0 Å². The van der Waals surface area contributed by atoms with E-state index in [2.05, 4.69) is 33.0 Å². The molecule has 2 atom stereocenters. The van der Waals surface area contributed by atoms with Gasteiger partial charge in [-0.3, -0.25) is 4.90 Å². The number of halogens is 2. The molecule has 0 radical (unpaired) electrons. The standard InChI is InChI=1S/C15H19BrClN/c16-13-7-6-12(14(17)9-13)10-18-8-2-4-11-3-1-5-15(11)18/h6-7,9,11,15H,1-5,8,10H2. The molecule has 98 valence electrons. The van der Waals surface area contributed by atoms with Crippen LogP contribution in [-0.2, 0) is 6.54 Å². The van der Waals surface area contributed by atoms with E-state index in [4.69, 9.17) is 11.6 Å². The van der Waals surface area contributed by atoms with Crippen molar-refractivity contribution in [2.75, 3.05) is 6.54 Å². The fourth-order valence-electron chi connectivity index (χ4n) is 3.62. The lowest BCUT2D eigenvalue weighted by atomic mass is 9.91. The maximum atomic E-state index is 6.33. The van der Waals surface area contributed by atoms with Gasteiger partial charge in [0.2, 0.25) is 0 Å². The number of hydrogen-bond donors (Lipinski definition) is 0. The van der Waals surface area contributed by atoms with E-state index in [-0.39, 0.29) is 0 Å². The minimum absolute atomic E-state index is 0.818. The molecule has 2 aliphatic rings. The van der Waals surface area contributed by atoms with Crippen molar-refractivity contribution in [3.8, 4) is 0 Å². The Morgan fingerprint density at radius 3 is 2.89 bits per heavy atom. The summed E-state index contributed by atoms with van der Waals surface area (Å²) in [5.74, 6) is 0.952. The predicted molar refractivity (Wildman–Crippen MR) is 79.9 cm³/mol. The molecule has 0 bridgehead atoms. The summed E-state index contributed by atoms with van der Waals surface area (Å²) in [6, 6.07) is 7.08. The highest BCUT2D eigenvalue weighted by Gasteiger charge is 2.34. The van der Waals surface area contributed by atoms with E-state index >= 15 is 0 Å². The highest BCUT2D eigenvalue weighted by atomic mass is 79.9. The van der Waals surface area contributed by atoms with E-state index in [0.717, 1.165) is 28.0 Å². The molecule has 0 N–H and O–H groups in total. The van der Waals surface area contributed by atoms with Gasteiger partial charge in [0.25, 0.3) is 0 Å². The van der Waals surface area contributed by atoms with E-state index < -0.39 is 0 Å². The summed E-state index contributed by atoms with van der Waals surface area (Å²) in [5.41, 5.74) is 1.27. The summed E-state index contributed by atoms with van der Waals surface area (Å²) >= 11 is 9.80. The Morgan fingerprint density at radius 2 is 2.06 bits per heavy atom. The molecule has 1 saturated heterocycles. The zero-order valence-corrected chi connectivity index (χ0v) is 12.9. The van der Waals surface area contributed by atoms with Crippen LogP contribution in [0.2, 0.25) is 5.02 Å². The first-order valence-corrected chi connectivity index (χ1v) is 8.09. The van der Waals surface area contributed by atoms with Crippen molar-refractivity contribution < 1.29 is 0 Å². The molecule has 3 rings (SSSR count). The Bertz CT molecular complexity index is 435. The monoisotopic (exact) mass is 327 g/mol. The average molecular weight is 329 g/mol. The van der Waals surface area contributed by atoms with Crippen LogP contribution >= 0.6 is 27.5 Å². The molecule has 1 heterocycles. The third-order valence-corrected chi connectivity index (χ3v) is 5.34. The first-order chi connectivity index (χ1) is 8.74. The number of rotatable bonds is 2. The summed E-state index contributed by atoms with van der Waals surface area (Å²) in [4.78, 5) is 2.66. The Kier molecular flexibility index (Phi) is 3.97. The summed E-state index contributed by atoms with van der Waals surface area (Å²) in [6.45, 7) is 2.26. The quantitative estimate of drug-likeness (QED) is 0.749. The van der Waals surface area contributed by atoms with Crippen LogP contribution in [0.1, 0.15) is 37.7 Å². The van der Waals surface area contributed by atoms with Gasteiger partial charge in [0, 0.05) is 22.1 Å². The highest BCUT2D eigenvalue weighted by Crippen LogP contribution is 2.38. The number of hydrogen-bond acceptors (Lipinski definition) is 1. The fourth-order valence-corrected chi connectivity index (χ4v) is 4.36. The normalized spacial score (nSPS) is 28.3. The molecule has 2 fully saturated rings. The predicted octanol–water partition coefficient (Wildman–Crippen LogP) is 4.87. The zero-order valence-electron chi connectivity index (χ0n) is 10.5. The van der Waals surface area contributed by atoms with E-state index in [1.54, 1.807) is 0 Å². The minimum atomic E-state index is 0.818. The van der Waals surface area contributed by atoms with E-state index in [1.807, 2.05) is 6.07 Å². The first-order valence-electron chi connectivity index (χ1n) is 6.92. The highest BCUT2D eigenvalue weighted by molar-refractivity contribution is 9.10. The smallest absolute Gasteiger partial charge is 0.0462 e. The second-order valence-corrected chi connectivity index (χ2v) is 6.93. The van der Waals surface area contributed by atoms with Crippen molar-refractivity contribution in [2.45, 2.75) is 44.7 Å². The third-order valence-electron chi connectivity index (χ3n) is 4.50. The van der Waals surface area contributed by atoms with Gasteiger partial charge in [-0.2, -0.15) is 0 Å². The minimum Gasteiger partial charge on any atom is -0.296 e. The number of nitrogens with zero attached hydrogens (tertiary/aromatic N) is 1. The molecule has 1 aliphatic heterocycles. The van der Waals surface area contributed by atoms with Crippen LogP contribution in [0, 0.1) is 5.92 Å². The number of benzene rings is 1. The maximum absolute atomic E-state index is 6.33. The zero-order chi connectivity index (χ0) is 12.5. The van der Waals surface area contributed by atoms with Crippen molar-refractivity contribution in [1.29, 1.82) is 0 Å². The molecule has 1 nitrogen and oxygen atoms in total. The van der Waals surface area contributed by atoms with Crippen LogP contribution in [0.4, 0.5) is 0 Å². The van der Waals surface area contributed by atoms with Gasteiger partial charge in [-0.25, -0.2) is 0 Å². The van der Waals surface area contributed by atoms with Crippen molar-refractivity contribution in [1.82, 2.24) is 4.90 Å². The third kappa shape index (κ3) is 2.61. The second-order valence-electron chi connectivity index (χ2n) is 5.61. The van der Waals surface area contributed by atoms with Crippen LogP contribution in [0.25, 0.3) is 0 Å². The molecule has 1 saturated carbocycles. The summed E-state index contributed by atoms with van der Waals surface area (Å²) in [5, 5.41) is 0.893. The Hall–Kier alpha value is -0.0500. The molecule has 3 heteroatoms. The summed E-state index contributed by atoms with van der Waals surface area (Å²) < 4.78 is 1.06. The van der Waals surface area contributed by atoms with Gasteiger partial charge in [-0.05, 0) is 55.8 Å². The Balaban J connectivity index is 1.75. The molecule has 0 spiro atoms. The average Bonchev–Trinajstić information content (AvgIpc) is 2.82. The van der Waals surface area contributed by atoms with Crippen molar-refractivity contribution >= 4 is 27.5 Å². The lowest BCUT2D eigenvalue weighted by Crippen LogP contribution is -2.41. The van der Waals surface area contributed by atoms with Crippen LogP contribution in [0.5, 0.6) is 0 Å². The van der Waals surface area contributed by atoms with Gasteiger partial charge in [-0.1, -0.05) is 40.0 Å². The van der Waals surface area contributed by atoms with Gasteiger partial charge in [-0.15, -0.1) is 0 Å². The van der Waals surface area contributed by atoms with Gasteiger partial charge in [0.1, 0.15) is 0 Å². The molecule has 0 amide bonds. The van der Waals surface area contributed by atoms with E-state index in [0.29, 0.717) is 0 Å². The number of likely N-dealkylation sites (tertiary alicyclic amines) is 1. The second kappa shape index (κ2) is 5.52. The maximum Gasteiger partial charge on any atom is 0.0462 e. The molecule has 0 aromatic heterocycles. The van der Waals surface area contributed by atoms with Crippen molar-refractivity contribution in [3.05, 3.63) is 33.3 Å². The van der Waals surface area contributed by atoms with Crippen molar-refractivity contribution in [3.63, 3.8) is 0 Å². The summed E-state index contributed by atoms with van der Waals surface area (Å²) in [6.07, 6.45) is 7.04. The largest absolute Gasteiger partial charge is 0.296 e. The van der Waals surface area contributed by atoms with Gasteiger partial charge in [0.05, 0.1) is 0 Å². The fraction of sp³-hybridized carbons (Fsp3) is 0.600. The van der Waals surface area contributed by atoms with E-state index in [1.165, 1.54) is 44.2 Å². The Morgan fingerprint density at radius 1 is 1.22 bits per heavy atom. The first kappa shape index (κ1) is 13.0. The number of fused-ring (bicyclic) bond motifs is 1. The van der Waals surface area contributed by atoms with Crippen LogP contribution in [0.3, 0.4) is 0 Å². The van der Waals surface area contributed by atoms with E-state index in [9.17, 15) is 0 Å². The van der Waals surface area contributed by atoms with Crippen molar-refractivity contribution in [2.24, 2.45) is 5.92 Å². The van der Waals surface area contributed by atoms with Gasteiger partial charge >= 0.3 is 0 Å². The van der Waals surface area contributed by atoms with Gasteiger partial charge in [0.15, 0.2) is 0 Å². The van der Waals surface area contributed by atoms with Crippen LogP contribution in [-0.4, -0.2) is 17.5 Å². The molecule has 1 aromatic carbocycles. The topological polar surface area (TPSA) is 3.24 Å². The lowest BCUT2D eigenvalue weighted by Gasteiger charge is -2.38. The van der Waals surface area contributed by atoms with Gasteiger partial charge < -0.3 is 0 Å².